The van der Waals surface area contributed by atoms with Crippen LogP contribution in [0.3, 0.4) is 0 Å². The van der Waals surface area contributed by atoms with E-state index < -0.39 is 24.4 Å². The number of nitrogens with zero attached hydrogens (tertiary/aromatic N) is 1. The van der Waals surface area contributed by atoms with Gasteiger partial charge in [-0.3, -0.25) is 4.79 Å². The van der Waals surface area contributed by atoms with Crippen LogP contribution in [0.5, 0.6) is 17.2 Å². The van der Waals surface area contributed by atoms with Crippen LogP contribution in [-0.4, -0.2) is 30.6 Å². The van der Waals surface area contributed by atoms with E-state index >= 15 is 0 Å². The Kier molecular flexibility index (Phi) is 7.72. The first-order chi connectivity index (χ1) is 15.8. The van der Waals surface area contributed by atoms with Gasteiger partial charge in [0.15, 0.2) is 11.4 Å². The zero-order valence-electron chi connectivity index (χ0n) is 16.9. The Labute approximate surface area is 194 Å². The van der Waals surface area contributed by atoms with E-state index in [-0.39, 0.29) is 34.3 Å². The van der Waals surface area contributed by atoms with E-state index in [0.717, 1.165) is 6.07 Å². The maximum Gasteiger partial charge on any atom is 0.387 e. The lowest BCUT2D eigenvalue weighted by molar-refractivity contribution is -0.0493. The molecule has 0 saturated heterocycles. The fraction of sp³-hybridized carbons (Fsp3) is 0.0952. The molecule has 172 valence electrons. The Morgan fingerprint density at radius 2 is 1.79 bits per heavy atom. The molecular formula is C21H16BrF3N4O4. The van der Waals surface area contributed by atoms with E-state index in [1.54, 1.807) is 6.07 Å². The number of anilines is 2. The van der Waals surface area contributed by atoms with Crippen LogP contribution in [0.1, 0.15) is 10.5 Å². The van der Waals surface area contributed by atoms with Gasteiger partial charge in [0.05, 0.1) is 11.4 Å². The fourth-order valence-electron chi connectivity index (χ4n) is 2.62. The van der Waals surface area contributed by atoms with Crippen molar-refractivity contribution in [1.29, 1.82) is 0 Å². The van der Waals surface area contributed by atoms with E-state index in [9.17, 15) is 22.8 Å². The maximum atomic E-state index is 14.5. The van der Waals surface area contributed by atoms with Gasteiger partial charge in [0.1, 0.15) is 17.3 Å². The van der Waals surface area contributed by atoms with Crippen molar-refractivity contribution in [2.24, 2.45) is 0 Å². The maximum absolute atomic E-state index is 14.5. The van der Waals surface area contributed by atoms with Gasteiger partial charge in [0.25, 0.3) is 5.91 Å². The lowest BCUT2D eigenvalue weighted by Gasteiger charge is -2.14. The number of ether oxygens (including phenoxy) is 2. The molecule has 0 unspecified atom stereocenters. The fourth-order valence-corrected chi connectivity index (χ4v) is 2.99. The lowest BCUT2D eigenvalue weighted by Crippen LogP contribution is -2.21. The number of halogens is 4. The molecule has 3 rings (SSSR count). The van der Waals surface area contributed by atoms with Gasteiger partial charge in [-0.25, -0.2) is 14.2 Å². The lowest BCUT2D eigenvalue weighted by atomic mass is 10.2. The van der Waals surface area contributed by atoms with Gasteiger partial charge >= 0.3 is 12.6 Å². The third-order valence-corrected chi connectivity index (χ3v) is 4.53. The van der Waals surface area contributed by atoms with Gasteiger partial charge in [-0.1, -0.05) is 15.9 Å². The summed E-state index contributed by atoms with van der Waals surface area (Å²) in [5.41, 5.74) is -0.248. The third-order valence-electron chi connectivity index (χ3n) is 4.04. The van der Waals surface area contributed by atoms with Crippen LogP contribution in [0.25, 0.3) is 0 Å². The van der Waals surface area contributed by atoms with Gasteiger partial charge in [0.2, 0.25) is 0 Å². The molecule has 12 heteroatoms. The normalized spacial score (nSPS) is 10.5. The molecule has 0 radical (unpaired) electrons. The van der Waals surface area contributed by atoms with Gasteiger partial charge < -0.3 is 25.4 Å². The zero-order chi connectivity index (χ0) is 24.0. The number of rotatable bonds is 7. The number of carbonyl (C=O) groups excluding carboxylic acids is 2. The summed E-state index contributed by atoms with van der Waals surface area (Å²) in [6.45, 7) is -3.09. The number of aromatic nitrogens is 1. The molecule has 1 heterocycles. The molecule has 0 bridgehead atoms. The quantitative estimate of drug-likeness (QED) is 0.385. The van der Waals surface area contributed by atoms with Gasteiger partial charge in [0, 0.05) is 23.8 Å². The standard InChI is InChI=1S/C21H16BrF3N4O4/c1-26-19(30)18-17(3-2-8-27-18)32-12-5-6-14(13(23)10-12)28-21(31)29-15-9-11(22)4-7-16(15)33-20(24)25/h2-10,20H,1H3,(H,26,30)(H2,28,29,31). The summed E-state index contributed by atoms with van der Waals surface area (Å²) in [5.74, 6) is -1.43. The highest BCUT2D eigenvalue weighted by molar-refractivity contribution is 9.10. The van der Waals surface area contributed by atoms with Crippen molar-refractivity contribution < 1.29 is 32.2 Å². The van der Waals surface area contributed by atoms with Crippen molar-refractivity contribution in [2.45, 2.75) is 6.61 Å². The Balaban J connectivity index is 1.72. The molecule has 0 aliphatic rings. The van der Waals surface area contributed by atoms with Crippen molar-refractivity contribution in [2.75, 3.05) is 17.7 Å². The van der Waals surface area contributed by atoms with Gasteiger partial charge in [-0.05, 0) is 42.5 Å². The SMILES string of the molecule is CNC(=O)c1ncccc1Oc1ccc(NC(=O)Nc2cc(Br)ccc2OC(F)F)c(F)c1. The van der Waals surface area contributed by atoms with E-state index in [0.29, 0.717) is 4.47 Å². The molecule has 33 heavy (non-hydrogen) atoms. The number of alkyl halides is 2. The number of hydrogen-bond donors (Lipinski definition) is 3. The molecule has 2 aromatic carbocycles. The molecule has 0 fully saturated rings. The highest BCUT2D eigenvalue weighted by atomic mass is 79.9. The molecule has 3 aromatic rings. The predicted octanol–water partition coefficient (Wildman–Crippen LogP) is 5.38. The number of hydrogen-bond acceptors (Lipinski definition) is 5. The van der Waals surface area contributed by atoms with Crippen molar-refractivity contribution >= 4 is 39.2 Å². The Morgan fingerprint density at radius 3 is 2.48 bits per heavy atom. The minimum atomic E-state index is -3.09. The van der Waals surface area contributed by atoms with E-state index in [1.807, 2.05) is 0 Å². The van der Waals surface area contributed by atoms with E-state index in [4.69, 9.17) is 4.74 Å². The topological polar surface area (TPSA) is 102 Å². The molecular weight excluding hydrogens is 509 g/mol. The summed E-state index contributed by atoms with van der Waals surface area (Å²) in [6.07, 6.45) is 1.41. The summed E-state index contributed by atoms with van der Waals surface area (Å²) in [4.78, 5) is 28.1. The highest BCUT2D eigenvalue weighted by Gasteiger charge is 2.16. The Bertz CT molecular complexity index is 1180. The summed E-state index contributed by atoms with van der Waals surface area (Å²) < 4.78 is 50.1. The smallest absolute Gasteiger partial charge is 0.387 e. The minimum absolute atomic E-state index is 0.0119. The largest absolute Gasteiger partial charge is 0.455 e. The average molecular weight is 525 g/mol. The second-order valence-corrected chi connectivity index (χ2v) is 7.19. The van der Waals surface area contributed by atoms with Crippen LogP contribution >= 0.6 is 15.9 Å². The molecule has 1 aromatic heterocycles. The molecule has 0 spiro atoms. The van der Waals surface area contributed by atoms with Crippen LogP contribution in [0.4, 0.5) is 29.3 Å². The predicted molar refractivity (Wildman–Crippen MR) is 118 cm³/mol. The van der Waals surface area contributed by atoms with Crippen LogP contribution in [0, 0.1) is 5.82 Å². The van der Waals surface area contributed by atoms with E-state index in [2.05, 4.69) is 41.6 Å². The molecule has 0 atom stereocenters. The molecule has 3 amide bonds. The Morgan fingerprint density at radius 1 is 1.03 bits per heavy atom. The van der Waals surface area contributed by atoms with Gasteiger partial charge in [-0.15, -0.1) is 0 Å². The number of urea groups is 1. The van der Waals surface area contributed by atoms with Crippen LogP contribution in [-0.2, 0) is 0 Å². The second-order valence-electron chi connectivity index (χ2n) is 6.27. The number of pyridine rings is 1. The summed E-state index contributed by atoms with van der Waals surface area (Å²) >= 11 is 3.17. The first kappa shape index (κ1) is 23.9. The van der Waals surface area contributed by atoms with Crippen molar-refractivity contribution in [3.63, 3.8) is 0 Å². The number of benzene rings is 2. The van der Waals surface area contributed by atoms with Crippen LogP contribution < -0.4 is 25.4 Å². The second kappa shape index (κ2) is 10.7. The van der Waals surface area contributed by atoms with E-state index in [1.165, 1.54) is 49.6 Å². The molecule has 3 N–H and O–H groups in total. The summed E-state index contributed by atoms with van der Waals surface area (Å²) in [5, 5.41) is 7.02. The number of amides is 3. The van der Waals surface area contributed by atoms with Crippen molar-refractivity contribution in [3.05, 3.63) is 70.7 Å². The molecule has 0 saturated carbocycles. The first-order valence-electron chi connectivity index (χ1n) is 9.23. The monoisotopic (exact) mass is 524 g/mol. The van der Waals surface area contributed by atoms with Crippen molar-refractivity contribution in [1.82, 2.24) is 10.3 Å². The molecule has 8 nitrogen and oxygen atoms in total. The minimum Gasteiger partial charge on any atom is -0.455 e. The van der Waals surface area contributed by atoms with Gasteiger partial charge in [-0.2, -0.15) is 8.78 Å². The molecule has 0 aliphatic heterocycles. The van der Waals surface area contributed by atoms with Crippen LogP contribution in [0.15, 0.2) is 59.2 Å². The number of nitrogens with one attached hydrogen (secondary N) is 3. The average Bonchev–Trinajstić information content (AvgIpc) is 2.77. The number of carbonyl (C=O) groups is 2. The molecule has 0 aliphatic carbocycles. The first-order valence-corrected chi connectivity index (χ1v) is 10.0. The summed E-state index contributed by atoms with van der Waals surface area (Å²) in [6, 6.07) is 9.79. The Hall–Kier alpha value is -3.80. The third kappa shape index (κ3) is 6.35. The zero-order valence-corrected chi connectivity index (χ0v) is 18.5. The van der Waals surface area contributed by atoms with Crippen LogP contribution in [0.2, 0.25) is 0 Å². The highest BCUT2D eigenvalue weighted by Crippen LogP contribution is 2.30. The van der Waals surface area contributed by atoms with Crippen molar-refractivity contribution in [3.8, 4) is 17.2 Å². The summed E-state index contributed by atoms with van der Waals surface area (Å²) in [7, 11) is 1.43.